The van der Waals surface area contributed by atoms with E-state index in [9.17, 15) is 9.59 Å². The summed E-state index contributed by atoms with van der Waals surface area (Å²) in [7, 11) is 0. The molecule has 0 aromatic heterocycles. The first-order valence-corrected chi connectivity index (χ1v) is 7.80. The van der Waals surface area contributed by atoms with Gasteiger partial charge in [-0.25, -0.2) is 0 Å². The van der Waals surface area contributed by atoms with Gasteiger partial charge in [0.15, 0.2) is 23.1 Å². The molecule has 3 aliphatic rings. The molecule has 0 radical (unpaired) electrons. The minimum Gasteiger partial charge on any atom is -0.370 e. The van der Waals surface area contributed by atoms with E-state index in [-0.39, 0.29) is 24.0 Å². The van der Waals surface area contributed by atoms with Gasteiger partial charge in [-0.05, 0) is 56.8 Å². The summed E-state index contributed by atoms with van der Waals surface area (Å²) < 4.78 is 0. The van der Waals surface area contributed by atoms with Crippen LogP contribution in [-0.4, -0.2) is 24.7 Å². The third kappa shape index (κ3) is 2.82. The fourth-order valence-corrected chi connectivity index (χ4v) is 3.57. The van der Waals surface area contributed by atoms with Crippen molar-refractivity contribution < 1.29 is 19.3 Å². The number of Topliss-reactive ketones (excluding diaryl/α,β-unsaturated/α-hetero) is 2. The van der Waals surface area contributed by atoms with E-state index < -0.39 is 5.92 Å². The maximum absolute atomic E-state index is 12.5. The lowest BCUT2D eigenvalue weighted by Crippen LogP contribution is -2.28. The molecule has 4 rings (SSSR count). The second-order valence-corrected chi connectivity index (χ2v) is 6.18. The number of nitrogens with one attached hydrogen (secondary N) is 2. The Morgan fingerprint density at radius 3 is 2.09 bits per heavy atom. The molecule has 23 heavy (non-hydrogen) atoms. The van der Waals surface area contributed by atoms with Crippen LogP contribution in [0.1, 0.15) is 46.4 Å². The van der Waals surface area contributed by atoms with Gasteiger partial charge in [0, 0.05) is 16.8 Å². The molecule has 0 bridgehead atoms. The molecule has 0 saturated carbocycles. The van der Waals surface area contributed by atoms with Crippen molar-refractivity contribution in [3.63, 3.8) is 0 Å². The molecule has 1 saturated heterocycles. The van der Waals surface area contributed by atoms with Crippen LogP contribution in [0.5, 0.6) is 11.5 Å². The summed E-state index contributed by atoms with van der Waals surface area (Å²) in [5.41, 5.74) is 3.20. The van der Waals surface area contributed by atoms with Gasteiger partial charge < -0.3 is 15.0 Å². The number of halogens is 1. The fourth-order valence-electron chi connectivity index (χ4n) is 3.57. The Morgan fingerprint density at radius 1 is 0.957 bits per heavy atom. The monoisotopic (exact) mass is 338 g/mol. The highest BCUT2D eigenvalue weighted by atomic mass is 35.5. The van der Waals surface area contributed by atoms with Crippen LogP contribution in [0, 0.1) is 11.8 Å². The minimum atomic E-state index is -0.527. The Balaban J connectivity index is 0.00000156. The lowest BCUT2D eigenvalue weighted by atomic mass is 9.88. The molecular formula is C16H19ClN2O4. The van der Waals surface area contributed by atoms with Crippen molar-refractivity contribution in [1.82, 2.24) is 11.0 Å². The summed E-state index contributed by atoms with van der Waals surface area (Å²) in [6.07, 6.45) is 3.83. The molecule has 124 valence electrons. The number of carbonyl (C=O) groups is 2. The molecule has 0 unspecified atom stereocenters. The van der Waals surface area contributed by atoms with E-state index in [0.717, 1.165) is 32.4 Å². The van der Waals surface area contributed by atoms with Gasteiger partial charge in [-0.1, -0.05) is 0 Å². The highest BCUT2D eigenvalue weighted by Crippen LogP contribution is 2.39. The van der Waals surface area contributed by atoms with Gasteiger partial charge in [0.05, 0.1) is 5.92 Å². The van der Waals surface area contributed by atoms with Crippen LogP contribution in [0.25, 0.3) is 0 Å². The SMILES string of the molecule is Cl.O=C1c2cc3c(cc2C(=O)C1CCC1CCNCC1)ONO3. The van der Waals surface area contributed by atoms with Crippen LogP contribution in [-0.2, 0) is 0 Å². The molecule has 2 heterocycles. The normalized spacial score (nSPS) is 20.5. The van der Waals surface area contributed by atoms with Gasteiger partial charge in [0.25, 0.3) is 0 Å². The second kappa shape index (κ2) is 6.47. The largest absolute Gasteiger partial charge is 0.370 e. The quantitative estimate of drug-likeness (QED) is 0.822. The molecule has 0 spiro atoms. The number of hydrogen-bond acceptors (Lipinski definition) is 6. The first kappa shape index (κ1) is 16.2. The lowest BCUT2D eigenvalue weighted by Gasteiger charge is -2.23. The van der Waals surface area contributed by atoms with Gasteiger partial charge in [0.2, 0.25) is 0 Å². The molecular weight excluding hydrogens is 320 g/mol. The minimum absolute atomic E-state index is 0. The molecule has 0 atom stereocenters. The van der Waals surface area contributed by atoms with Gasteiger partial charge in [0.1, 0.15) is 0 Å². The van der Waals surface area contributed by atoms with Gasteiger partial charge in [-0.3, -0.25) is 9.59 Å². The number of benzene rings is 1. The zero-order chi connectivity index (χ0) is 15.1. The maximum atomic E-state index is 12.5. The summed E-state index contributed by atoms with van der Waals surface area (Å²) in [5, 5.41) is 3.33. The smallest absolute Gasteiger partial charge is 0.196 e. The van der Waals surface area contributed by atoms with Crippen molar-refractivity contribution in [2.24, 2.45) is 11.8 Å². The topological polar surface area (TPSA) is 76.7 Å². The Hall–Kier alpha value is -1.63. The van der Waals surface area contributed by atoms with E-state index in [1.807, 2.05) is 0 Å². The summed E-state index contributed by atoms with van der Waals surface area (Å²) in [5.74, 6) is 0.851. The lowest BCUT2D eigenvalue weighted by molar-refractivity contribution is 0.0259. The van der Waals surface area contributed by atoms with Crippen LogP contribution >= 0.6 is 12.4 Å². The van der Waals surface area contributed by atoms with E-state index in [0.29, 0.717) is 35.0 Å². The van der Waals surface area contributed by atoms with Gasteiger partial charge in [-0.15, -0.1) is 12.4 Å². The first-order valence-electron chi connectivity index (χ1n) is 7.80. The highest BCUT2D eigenvalue weighted by molar-refractivity contribution is 6.26. The van der Waals surface area contributed by atoms with E-state index in [1.54, 1.807) is 12.1 Å². The third-order valence-electron chi connectivity index (χ3n) is 4.87. The van der Waals surface area contributed by atoms with E-state index in [4.69, 9.17) is 9.68 Å². The van der Waals surface area contributed by atoms with Crippen LogP contribution < -0.4 is 20.6 Å². The zero-order valence-corrected chi connectivity index (χ0v) is 13.4. The average molecular weight is 339 g/mol. The van der Waals surface area contributed by atoms with E-state index >= 15 is 0 Å². The summed E-state index contributed by atoms with van der Waals surface area (Å²) in [4.78, 5) is 35.2. The molecule has 2 aliphatic heterocycles. The number of fused-ring (bicyclic) bond motifs is 2. The predicted molar refractivity (Wildman–Crippen MR) is 85.1 cm³/mol. The molecule has 0 amide bonds. The molecule has 6 nitrogen and oxygen atoms in total. The number of hydrogen-bond donors (Lipinski definition) is 2. The fraction of sp³-hybridized carbons (Fsp3) is 0.500. The van der Waals surface area contributed by atoms with Crippen molar-refractivity contribution >= 4 is 24.0 Å². The van der Waals surface area contributed by atoms with Gasteiger partial charge in [-0.2, -0.15) is 0 Å². The van der Waals surface area contributed by atoms with E-state index in [1.165, 1.54) is 0 Å². The maximum Gasteiger partial charge on any atom is 0.196 e. The summed E-state index contributed by atoms with van der Waals surface area (Å²) >= 11 is 0. The highest BCUT2D eigenvalue weighted by Gasteiger charge is 2.40. The standard InChI is InChI=1S/C16H18N2O4.ClH/c19-15-10(2-1-9-3-5-17-6-4-9)16(20)12-8-14-13(7-11(12)15)21-18-22-14;/h7-10,17-18H,1-6H2;1H. The van der Waals surface area contributed by atoms with Crippen LogP contribution in [0.15, 0.2) is 12.1 Å². The Kier molecular flexibility index (Phi) is 4.57. The average Bonchev–Trinajstić information content (AvgIpc) is 3.09. The Bertz CT molecular complexity index is 600. The van der Waals surface area contributed by atoms with Crippen LogP contribution in [0.4, 0.5) is 0 Å². The number of ketones is 2. The van der Waals surface area contributed by atoms with Crippen molar-refractivity contribution in [2.45, 2.75) is 25.7 Å². The zero-order valence-electron chi connectivity index (χ0n) is 12.6. The van der Waals surface area contributed by atoms with Crippen molar-refractivity contribution in [1.29, 1.82) is 0 Å². The molecule has 1 aromatic rings. The van der Waals surface area contributed by atoms with E-state index in [2.05, 4.69) is 11.0 Å². The Labute approximate surface area is 140 Å². The number of carbonyl (C=O) groups excluding carboxylic acids is 2. The molecule has 1 fully saturated rings. The van der Waals surface area contributed by atoms with Crippen molar-refractivity contribution in [3.05, 3.63) is 23.3 Å². The number of piperidine rings is 1. The molecule has 1 aromatic carbocycles. The van der Waals surface area contributed by atoms with Crippen LogP contribution in [0.3, 0.4) is 0 Å². The Morgan fingerprint density at radius 2 is 1.52 bits per heavy atom. The molecule has 7 heteroatoms. The van der Waals surface area contributed by atoms with Gasteiger partial charge >= 0.3 is 0 Å². The second-order valence-electron chi connectivity index (χ2n) is 6.18. The predicted octanol–water partition coefficient (Wildman–Crippen LogP) is 2.07. The summed E-state index contributed by atoms with van der Waals surface area (Å²) in [6.45, 7) is 2.07. The summed E-state index contributed by atoms with van der Waals surface area (Å²) in [6, 6.07) is 3.21. The third-order valence-corrected chi connectivity index (χ3v) is 4.87. The van der Waals surface area contributed by atoms with Crippen molar-refractivity contribution in [3.8, 4) is 11.5 Å². The first-order chi connectivity index (χ1) is 10.7. The molecule has 1 aliphatic carbocycles. The number of rotatable bonds is 3. The van der Waals surface area contributed by atoms with Crippen LogP contribution in [0.2, 0.25) is 0 Å². The van der Waals surface area contributed by atoms with Crippen molar-refractivity contribution in [2.75, 3.05) is 13.1 Å². The molecule has 2 N–H and O–H groups in total.